The van der Waals surface area contributed by atoms with Gasteiger partial charge in [0.05, 0.1) is 30.2 Å². The normalized spacial score (nSPS) is 13.9. The van der Waals surface area contributed by atoms with Gasteiger partial charge in [-0.2, -0.15) is 0 Å². The second kappa shape index (κ2) is 9.74. The highest BCUT2D eigenvalue weighted by Crippen LogP contribution is 2.33. The van der Waals surface area contributed by atoms with E-state index in [1.165, 1.54) is 12.8 Å². The molecule has 2 N–H and O–H groups in total. The number of fused-ring (bicyclic) bond motifs is 1. The number of pyridine rings is 1. The predicted octanol–water partition coefficient (Wildman–Crippen LogP) is 5.50. The largest absolute Gasteiger partial charge is 0.495 e. The van der Waals surface area contributed by atoms with Crippen LogP contribution in [0.4, 0.5) is 11.6 Å². The fraction of sp³-hybridized carbons (Fsp3) is 0.333. The van der Waals surface area contributed by atoms with Gasteiger partial charge < -0.3 is 19.9 Å². The monoisotopic (exact) mass is 470 g/mol. The molecule has 8 nitrogen and oxygen atoms in total. The lowest BCUT2D eigenvalue weighted by atomic mass is 10.1. The van der Waals surface area contributed by atoms with E-state index in [2.05, 4.69) is 45.2 Å². The van der Waals surface area contributed by atoms with E-state index < -0.39 is 0 Å². The Labute approximate surface area is 204 Å². The topological polar surface area (TPSA) is 94.0 Å². The average Bonchev–Trinajstić information content (AvgIpc) is 3.52. The number of carbonyl (C=O) groups excluding carboxylic acids is 1. The number of nitrogens with one attached hydrogen (secondary N) is 2. The van der Waals surface area contributed by atoms with Crippen LogP contribution in [-0.2, 0) is 0 Å². The molecule has 0 atom stereocenters. The number of aromatic nitrogens is 4. The number of nitrogens with zero attached hydrogens (tertiary/aromatic N) is 4. The van der Waals surface area contributed by atoms with Gasteiger partial charge in [0, 0.05) is 47.2 Å². The maximum atomic E-state index is 12.8. The molecule has 3 aromatic heterocycles. The zero-order chi connectivity index (χ0) is 24.4. The predicted molar refractivity (Wildman–Crippen MR) is 137 cm³/mol. The van der Waals surface area contributed by atoms with Crippen LogP contribution in [0.25, 0.3) is 22.2 Å². The van der Waals surface area contributed by atoms with Crippen molar-refractivity contribution < 1.29 is 9.53 Å². The molecule has 1 aliphatic rings. The Morgan fingerprint density at radius 1 is 1.14 bits per heavy atom. The van der Waals surface area contributed by atoms with Crippen molar-refractivity contribution >= 4 is 28.4 Å². The third-order valence-corrected chi connectivity index (χ3v) is 6.52. The zero-order valence-electron chi connectivity index (χ0n) is 20.3. The number of carbonyl (C=O) groups is 1. The van der Waals surface area contributed by atoms with E-state index in [0.29, 0.717) is 22.9 Å². The minimum absolute atomic E-state index is 0.0765. The van der Waals surface area contributed by atoms with Crippen molar-refractivity contribution in [3.8, 4) is 17.0 Å². The summed E-state index contributed by atoms with van der Waals surface area (Å²) in [6, 6.07) is 9.80. The smallest absolute Gasteiger partial charge is 0.251 e. The first kappa shape index (κ1) is 22.8. The molecule has 0 saturated heterocycles. The lowest BCUT2D eigenvalue weighted by Gasteiger charge is -2.15. The van der Waals surface area contributed by atoms with Gasteiger partial charge >= 0.3 is 0 Å². The molecule has 1 aliphatic carbocycles. The molecule has 0 bridgehead atoms. The zero-order valence-corrected chi connectivity index (χ0v) is 20.3. The lowest BCUT2D eigenvalue weighted by Crippen LogP contribution is -2.32. The van der Waals surface area contributed by atoms with Crippen LogP contribution in [0.15, 0.2) is 55.1 Å². The Morgan fingerprint density at radius 2 is 1.97 bits per heavy atom. The lowest BCUT2D eigenvalue weighted by molar-refractivity contribution is 0.0938. The van der Waals surface area contributed by atoms with Crippen LogP contribution in [0, 0.1) is 0 Å². The Kier molecular flexibility index (Phi) is 6.35. The highest BCUT2D eigenvalue weighted by molar-refractivity contribution is 5.96. The third kappa shape index (κ3) is 4.69. The number of methoxy groups -OCH3 is 1. The van der Waals surface area contributed by atoms with Crippen LogP contribution in [0.1, 0.15) is 55.9 Å². The van der Waals surface area contributed by atoms with Crippen molar-refractivity contribution in [3.05, 3.63) is 60.7 Å². The number of ether oxygens (including phenoxy) is 1. The van der Waals surface area contributed by atoms with E-state index in [1.807, 2.05) is 18.3 Å². The second-order valence-corrected chi connectivity index (χ2v) is 9.20. The van der Waals surface area contributed by atoms with Crippen molar-refractivity contribution in [2.24, 2.45) is 0 Å². The highest BCUT2D eigenvalue weighted by atomic mass is 16.5. The van der Waals surface area contributed by atoms with Crippen LogP contribution >= 0.6 is 0 Å². The summed E-state index contributed by atoms with van der Waals surface area (Å²) in [4.78, 5) is 26.3. The van der Waals surface area contributed by atoms with E-state index in [1.54, 1.807) is 37.7 Å². The maximum absolute atomic E-state index is 12.8. The van der Waals surface area contributed by atoms with E-state index in [0.717, 1.165) is 35.0 Å². The molecular weight excluding hydrogens is 440 g/mol. The minimum atomic E-state index is -0.0765. The average molecular weight is 471 g/mol. The summed E-state index contributed by atoms with van der Waals surface area (Å²) in [6.07, 6.45) is 11.9. The summed E-state index contributed by atoms with van der Waals surface area (Å²) < 4.78 is 7.72. The quantitative estimate of drug-likeness (QED) is 0.370. The maximum Gasteiger partial charge on any atom is 0.251 e. The highest BCUT2D eigenvalue weighted by Gasteiger charge is 2.19. The molecule has 3 heterocycles. The van der Waals surface area contributed by atoms with Gasteiger partial charge in [-0.25, -0.2) is 9.97 Å². The molecule has 1 amide bonds. The number of benzene rings is 1. The molecular formula is C27H30N6O2. The molecule has 0 spiro atoms. The Morgan fingerprint density at radius 3 is 2.74 bits per heavy atom. The molecule has 5 rings (SSSR count). The first-order valence-electron chi connectivity index (χ1n) is 12.1. The van der Waals surface area contributed by atoms with Gasteiger partial charge in [-0.1, -0.05) is 12.8 Å². The van der Waals surface area contributed by atoms with Crippen LogP contribution in [0.2, 0.25) is 0 Å². The van der Waals surface area contributed by atoms with E-state index in [4.69, 9.17) is 9.72 Å². The Balaban J connectivity index is 1.45. The summed E-state index contributed by atoms with van der Waals surface area (Å²) in [5.74, 6) is 0.958. The summed E-state index contributed by atoms with van der Waals surface area (Å²) >= 11 is 0. The van der Waals surface area contributed by atoms with Crippen molar-refractivity contribution in [3.63, 3.8) is 0 Å². The number of amides is 1. The number of hydrogen-bond acceptors (Lipinski definition) is 6. The Hall–Kier alpha value is -3.94. The van der Waals surface area contributed by atoms with Crippen molar-refractivity contribution in [1.82, 2.24) is 24.8 Å². The van der Waals surface area contributed by atoms with Gasteiger partial charge in [0.25, 0.3) is 5.91 Å². The molecule has 0 radical (unpaired) electrons. The number of hydrogen-bond donors (Lipinski definition) is 2. The first-order valence-corrected chi connectivity index (χ1v) is 12.1. The van der Waals surface area contributed by atoms with Gasteiger partial charge in [0.2, 0.25) is 5.95 Å². The molecule has 0 unspecified atom stereocenters. The van der Waals surface area contributed by atoms with Gasteiger partial charge in [-0.05, 0) is 57.0 Å². The fourth-order valence-corrected chi connectivity index (χ4v) is 4.70. The molecule has 8 heteroatoms. The summed E-state index contributed by atoms with van der Waals surface area (Å²) in [5.41, 5.74) is 4.08. The first-order chi connectivity index (χ1) is 17.0. The van der Waals surface area contributed by atoms with Crippen molar-refractivity contribution in [2.75, 3.05) is 12.4 Å². The molecule has 1 fully saturated rings. The number of rotatable bonds is 7. The summed E-state index contributed by atoms with van der Waals surface area (Å²) in [7, 11) is 1.60. The standard InChI is InChI=1S/C27H30N6O2/c1-17(2)33-16-21(20-10-12-28-15-24(20)33)22-11-13-29-27(31-22)32-23-14-18(8-9-25(23)35-3)26(34)30-19-6-4-5-7-19/h8-17,19H,4-7H2,1-3H3,(H,30,34)(H,29,31,32). The molecule has 1 aromatic carbocycles. The minimum Gasteiger partial charge on any atom is -0.495 e. The summed E-state index contributed by atoms with van der Waals surface area (Å²) in [6.45, 7) is 4.29. The molecule has 180 valence electrons. The van der Waals surface area contributed by atoms with Gasteiger partial charge in [-0.15, -0.1) is 0 Å². The second-order valence-electron chi connectivity index (χ2n) is 9.20. The molecule has 35 heavy (non-hydrogen) atoms. The van der Waals surface area contributed by atoms with Crippen LogP contribution < -0.4 is 15.4 Å². The van der Waals surface area contributed by atoms with Crippen LogP contribution in [0.3, 0.4) is 0 Å². The fourth-order valence-electron chi connectivity index (χ4n) is 4.70. The van der Waals surface area contributed by atoms with Crippen molar-refractivity contribution in [1.29, 1.82) is 0 Å². The third-order valence-electron chi connectivity index (χ3n) is 6.52. The molecule has 4 aromatic rings. The van der Waals surface area contributed by atoms with Crippen LogP contribution in [-0.4, -0.2) is 38.6 Å². The van der Waals surface area contributed by atoms with E-state index in [9.17, 15) is 4.79 Å². The van der Waals surface area contributed by atoms with E-state index >= 15 is 0 Å². The molecule has 1 saturated carbocycles. The Bertz CT molecular complexity index is 1360. The van der Waals surface area contributed by atoms with Crippen molar-refractivity contribution in [2.45, 2.75) is 51.6 Å². The van der Waals surface area contributed by atoms with Crippen LogP contribution in [0.5, 0.6) is 5.75 Å². The summed E-state index contributed by atoms with van der Waals surface area (Å²) in [5, 5.41) is 7.47. The number of anilines is 2. The SMILES string of the molecule is COc1ccc(C(=O)NC2CCCC2)cc1Nc1nccc(-c2cn(C(C)C)c3cnccc23)n1. The molecule has 0 aliphatic heterocycles. The van der Waals surface area contributed by atoms with Gasteiger partial charge in [-0.3, -0.25) is 9.78 Å². The van der Waals surface area contributed by atoms with Gasteiger partial charge in [0.1, 0.15) is 5.75 Å². The van der Waals surface area contributed by atoms with E-state index in [-0.39, 0.29) is 18.0 Å². The van der Waals surface area contributed by atoms with Gasteiger partial charge in [0.15, 0.2) is 0 Å².